The average molecular weight is 241 g/mol. The minimum Gasteiger partial charge on any atom is -0.330 e. The molecule has 0 aliphatic heterocycles. The number of nitrogens with zero attached hydrogens (tertiary/aromatic N) is 1. The molecule has 0 bridgehead atoms. The summed E-state index contributed by atoms with van der Waals surface area (Å²) >= 11 is 1.50. The Balaban J connectivity index is 2.70. The highest BCUT2D eigenvalue weighted by Gasteiger charge is 2.21. The molecule has 1 aromatic rings. The van der Waals surface area contributed by atoms with E-state index < -0.39 is 0 Å². The minimum atomic E-state index is -0.149. The molecule has 0 saturated heterocycles. The lowest BCUT2D eigenvalue weighted by Crippen LogP contribution is -2.33. The quantitative estimate of drug-likeness (QED) is 0.846. The maximum atomic E-state index is 11.9. The van der Waals surface area contributed by atoms with Crippen molar-refractivity contribution >= 4 is 22.4 Å². The van der Waals surface area contributed by atoms with Crippen molar-refractivity contribution < 1.29 is 4.79 Å². The Morgan fingerprint density at radius 1 is 1.50 bits per heavy atom. The van der Waals surface area contributed by atoms with Crippen molar-refractivity contribution in [3.63, 3.8) is 0 Å². The zero-order valence-electron chi connectivity index (χ0n) is 10.2. The Kier molecular flexibility index (Phi) is 4.44. The van der Waals surface area contributed by atoms with Crippen molar-refractivity contribution in [3.05, 3.63) is 10.6 Å². The molecule has 1 atom stereocenters. The summed E-state index contributed by atoms with van der Waals surface area (Å²) in [6.07, 6.45) is 0. The van der Waals surface area contributed by atoms with E-state index in [1.807, 2.05) is 27.7 Å². The van der Waals surface area contributed by atoms with Crippen LogP contribution in [0, 0.1) is 25.7 Å². The molecule has 0 radical (unpaired) electrons. The summed E-state index contributed by atoms with van der Waals surface area (Å²) < 4.78 is 0. The SMILES string of the molecule is Cc1nc(NC(=O)C(CN)C(C)C)sc1C. The lowest BCUT2D eigenvalue weighted by Gasteiger charge is -2.16. The van der Waals surface area contributed by atoms with Crippen LogP contribution >= 0.6 is 11.3 Å². The highest BCUT2D eigenvalue weighted by atomic mass is 32.1. The first-order valence-corrected chi connectivity index (χ1v) is 6.22. The fourth-order valence-corrected chi connectivity index (χ4v) is 2.22. The summed E-state index contributed by atoms with van der Waals surface area (Å²) in [5, 5.41) is 3.49. The van der Waals surface area contributed by atoms with Crippen molar-refractivity contribution in [1.82, 2.24) is 4.98 Å². The maximum absolute atomic E-state index is 11.9. The van der Waals surface area contributed by atoms with E-state index in [-0.39, 0.29) is 17.7 Å². The average Bonchev–Trinajstić information content (AvgIpc) is 2.45. The van der Waals surface area contributed by atoms with Gasteiger partial charge in [0, 0.05) is 11.4 Å². The molecule has 1 amide bonds. The van der Waals surface area contributed by atoms with Gasteiger partial charge in [-0.1, -0.05) is 13.8 Å². The van der Waals surface area contributed by atoms with Crippen LogP contribution in [0.5, 0.6) is 0 Å². The summed E-state index contributed by atoms with van der Waals surface area (Å²) in [6.45, 7) is 8.29. The topological polar surface area (TPSA) is 68.0 Å². The fourth-order valence-electron chi connectivity index (χ4n) is 1.41. The second-order valence-corrected chi connectivity index (χ2v) is 5.44. The molecule has 1 unspecified atom stereocenters. The normalized spacial score (nSPS) is 12.9. The van der Waals surface area contributed by atoms with Crippen molar-refractivity contribution in [2.45, 2.75) is 27.7 Å². The molecule has 4 nitrogen and oxygen atoms in total. The van der Waals surface area contributed by atoms with Crippen LogP contribution < -0.4 is 11.1 Å². The van der Waals surface area contributed by atoms with Crippen molar-refractivity contribution in [2.75, 3.05) is 11.9 Å². The highest BCUT2D eigenvalue weighted by molar-refractivity contribution is 7.15. The number of rotatable bonds is 4. The lowest BCUT2D eigenvalue weighted by atomic mass is 9.95. The zero-order chi connectivity index (χ0) is 12.3. The Morgan fingerprint density at radius 3 is 2.50 bits per heavy atom. The molecule has 1 rings (SSSR count). The number of aryl methyl sites for hydroxylation is 2. The summed E-state index contributed by atoms with van der Waals surface area (Å²) in [6, 6.07) is 0. The number of carbonyl (C=O) groups excluding carboxylic acids is 1. The number of carbonyl (C=O) groups is 1. The van der Waals surface area contributed by atoms with E-state index in [1.54, 1.807) is 0 Å². The lowest BCUT2D eigenvalue weighted by molar-refractivity contribution is -0.120. The van der Waals surface area contributed by atoms with E-state index in [1.165, 1.54) is 11.3 Å². The first kappa shape index (κ1) is 13.1. The molecule has 90 valence electrons. The molecular weight excluding hydrogens is 222 g/mol. The van der Waals surface area contributed by atoms with E-state index in [0.29, 0.717) is 11.7 Å². The van der Waals surface area contributed by atoms with Crippen molar-refractivity contribution in [2.24, 2.45) is 17.6 Å². The van der Waals surface area contributed by atoms with Gasteiger partial charge in [-0.15, -0.1) is 11.3 Å². The standard InChI is InChI=1S/C11H19N3OS/c1-6(2)9(5-12)10(15)14-11-13-7(3)8(4)16-11/h6,9H,5,12H2,1-4H3,(H,13,14,15). The summed E-state index contributed by atoms with van der Waals surface area (Å²) in [5.41, 5.74) is 6.55. The molecule has 3 N–H and O–H groups in total. The van der Waals surface area contributed by atoms with Crippen LogP contribution in [0.15, 0.2) is 0 Å². The zero-order valence-corrected chi connectivity index (χ0v) is 11.0. The predicted octanol–water partition coefficient (Wildman–Crippen LogP) is 1.93. The highest BCUT2D eigenvalue weighted by Crippen LogP contribution is 2.22. The summed E-state index contributed by atoms with van der Waals surface area (Å²) in [5.74, 6) is 0.0583. The van der Waals surface area contributed by atoms with Crippen LogP contribution in [0.2, 0.25) is 0 Å². The van der Waals surface area contributed by atoms with E-state index >= 15 is 0 Å². The van der Waals surface area contributed by atoms with Gasteiger partial charge in [-0.3, -0.25) is 4.79 Å². The van der Waals surface area contributed by atoms with Gasteiger partial charge in [0.2, 0.25) is 5.91 Å². The largest absolute Gasteiger partial charge is 0.330 e. The van der Waals surface area contributed by atoms with E-state index in [4.69, 9.17) is 5.73 Å². The molecule has 0 spiro atoms. The fraction of sp³-hybridized carbons (Fsp3) is 0.636. The monoisotopic (exact) mass is 241 g/mol. The molecule has 0 aliphatic rings. The van der Waals surface area contributed by atoms with Gasteiger partial charge >= 0.3 is 0 Å². The van der Waals surface area contributed by atoms with Gasteiger partial charge in [0.05, 0.1) is 11.6 Å². The summed E-state index contributed by atoms with van der Waals surface area (Å²) in [7, 11) is 0. The van der Waals surface area contributed by atoms with Gasteiger partial charge in [0.25, 0.3) is 0 Å². The number of nitrogens with one attached hydrogen (secondary N) is 1. The van der Waals surface area contributed by atoms with Crippen LogP contribution in [-0.2, 0) is 4.79 Å². The van der Waals surface area contributed by atoms with Crippen molar-refractivity contribution in [3.8, 4) is 0 Å². The van der Waals surface area contributed by atoms with Crippen LogP contribution in [0.25, 0.3) is 0 Å². The molecule has 0 fully saturated rings. The first-order valence-electron chi connectivity index (χ1n) is 5.40. The number of hydrogen-bond acceptors (Lipinski definition) is 4. The van der Waals surface area contributed by atoms with Crippen molar-refractivity contribution in [1.29, 1.82) is 0 Å². The maximum Gasteiger partial charge on any atom is 0.230 e. The van der Waals surface area contributed by atoms with Gasteiger partial charge in [-0.25, -0.2) is 4.98 Å². The van der Waals surface area contributed by atoms with Gasteiger partial charge < -0.3 is 11.1 Å². The van der Waals surface area contributed by atoms with Gasteiger partial charge in [0.15, 0.2) is 5.13 Å². The third kappa shape index (κ3) is 3.02. The predicted molar refractivity (Wildman–Crippen MR) is 67.6 cm³/mol. The Labute approximate surface area is 100 Å². The van der Waals surface area contributed by atoms with Gasteiger partial charge in [-0.05, 0) is 19.8 Å². The molecule has 0 aliphatic carbocycles. The van der Waals surface area contributed by atoms with Crippen LogP contribution in [0.1, 0.15) is 24.4 Å². The second-order valence-electron chi connectivity index (χ2n) is 4.24. The molecule has 16 heavy (non-hydrogen) atoms. The molecule has 0 aromatic carbocycles. The Bertz CT molecular complexity index is 354. The van der Waals surface area contributed by atoms with Crippen LogP contribution in [-0.4, -0.2) is 17.4 Å². The second kappa shape index (κ2) is 5.41. The number of aromatic nitrogens is 1. The third-order valence-corrected chi connectivity index (χ3v) is 3.64. The number of hydrogen-bond donors (Lipinski definition) is 2. The number of nitrogens with two attached hydrogens (primary N) is 1. The summed E-state index contributed by atoms with van der Waals surface area (Å²) in [4.78, 5) is 17.3. The molecule has 1 aromatic heterocycles. The number of thiazole rings is 1. The first-order chi connectivity index (χ1) is 7.45. The molecule has 0 saturated carbocycles. The minimum absolute atomic E-state index is 0.0359. The molecular formula is C11H19N3OS. The van der Waals surface area contributed by atoms with Gasteiger partial charge in [-0.2, -0.15) is 0 Å². The Hall–Kier alpha value is -0.940. The van der Waals surface area contributed by atoms with E-state index in [0.717, 1.165) is 10.6 Å². The number of amides is 1. The third-order valence-electron chi connectivity index (χ3n) is 2.65. The molecule has 1 heterocycles. The van der Waals surface area contributed by atoms with E-state index in [2.05, 4.69) is 10.3 Å². The smallest absolute Gasteiger partial charge is 0.230 e. The van der Waals surface area contributed by atoms with Gasteiger partial charge in [0.1, 0.15) is 0 Å². The van der Waals surface area contributed by atoms with E-state index in [9.17, 15) is 4.79 Å². The Morgan fingerprint density at radius 2 is 2.12 bits per heavy atom. The number of anilines is 1. The van der Waals surface area contributed by atoms with Crippen LogP contribution in [0.3, 0.4) is 0 Å². The van der Waals surface area contributed by atoms with Crippen LogP contribution in [0.4, 0.5) is 5.13 Å². The molecule has 5 heteroatoms.